The first-order chi connectivity index (χ1) is 22.1. The molecule has 48 heavy (non-hydrogen) atoms. The van der Waals surface area contributed by atoms with Crippen LogP contribution in [0, 0.1) is 44.3 Å². The van der Waals surface area contributed by atoms with Gasteiger partial charge in [-0.15, -0.1) is 0 Å². The maximum Gasteiger partial charge on any atom is 0.303 e. The van der Waals surface area contributed by atoms with Gasteiger partial charge in [-0.25, -0.2) is 0 Å². The Kier molecular flexibility index (Phi) is 6.97. The zero-order valence-electron chi connectivity index (χ0n) is 30.5. The molecule has 2 bridgehead atoms. The first kappa shape index (κ1) is 34.2. The minimum absolute atomic E-state index is 0.0223. The predicted molar refractivity (Wildman–Crippen MR) is 173 cm³/mol. The number of carbonyl (C=O) groups is 1. The molecule has 8 fully saturated rings. The molecule has 3 heterocycles. The second-order valence-electron chi connectivity index (χ2n) is 19.5. The number of aliphatic hydroxyl groups excluding tert-OH is 3. The van der Waals surface area contributed by atoms with E-state index >= 15 is 0 Å². The third kappa shape index (κ3) is 3.70. The van der Waals surface area contributed by atoms with Crippen LogP contribution in [0.5, 0.6) is 0 Å². The van der Waals surface area contributed by atoms with Crippen LogP contribution in [-0.2, 0) is 28.5 Å². The number of hydrogen-bond donors (Lipinski definition) is 4. The third-order valence-corrected chi connectivity index (χ3v) is 17.4. The average molecular weight is 677 g/mol. The molecule has 5 saturated carbocycles. The first-order valence-corrected chi connectivity index (χ1v) is 18.7. The summed E-state index contributed by atoms with van der Waals surface area (Å²) >= 11 is 0. The summed E-state index contributed by atoms with van der Waals surface area (Å²) in [6.45, 7) is 19.1. The highest BCUT2D eigenvalue weighted by Gasteiger charge is 2.89. The lowest BCUT2D eigenvalue weighted by Crippen LogP contribution is -2.65. The van der Waals surface area contributed by atoms with Crippen molar-refractivity contribution in [2.75, 3.05) is 6.61 Å². The Morgan fingerprint density at radius 2 is 1.60 bits per heavy atom. The van der Waals surface area contributed by atoms with Gasteiger partial charge in [0.15, 0.2) is 12.1 Å². The second-order valence-corrected chi connectivity index (χ2v) is 19.5. The minimum Gasteiger partial charge on any atom is -0.459 e. The van der Waals surface area contributed by atoms with E-state index in [4.69, 9.17) is 23.7 Å². The van der Waals surface area contributed by atoms with E-state index in [0.717, 1.165) is 51.4 Å². The molecule has 0 radical (unpaired) electrons. The van der Waals surface area contributed by atoms with Gasteiger partial charge in [0, 0.05) is 24.7 Å². The lowest BCUT2D eigenvalue weighted by atomic mass is 9.38. The van der Waals surface area contributed by atoms with Crippen molar-refractivity contribution in [1.29, 1.82) is 0 Å². The molecule has 0 aromatic carbocycles. The van der Waals surface area contributed by atoms with E-state index in [-0.39, 0.29) is 63.2 Å². The molecule has 0 aromatic rings. The van der Waals surface area contributed by atoms with Gasteiger partial charge in [-0.1, -0.05) is 34.6 Å². The maximum atomic E-state index is 13.0. The molecular formula is C38H60O10. The number of fused-ring (bicyclic) bond motifs is 7. The number of ether oxygens (including phenoxy) is 5. The molecule has 272 valence electrons. The molecule has 5 aliphatic carbocycles. The maximum absolute atomic E-state index is 13.0. The first-order valence-electron chi connectivity index (χ1n) is 18.7. The molecule has 0 unspecified atom stereocenters. The summed E-state index contributed by atoms with van der Waals surface area (Å²) in [5, 5.41) is 42.5. The van der Waals surface area contributed by atoms with Crippen molar-refractivity contribution < 1.29 is 48.9 Å². The standard InChI is InChI=1S/C38H60O10/c1-20(39)45-28-26-27(33(7)15-17-38(47-26,48-33)31(4,5)43)32(6)14-16-36-19-37(36)13-11-23(46-29-25(42)24(41)21(40)18-44-29)30(2,3)34(37,8)12-10-22(36)35(28,32)9/h21-29,40-43H,10-19H2,1-9H3/t21-,22+,23+,24+,25-,26-,27+,28+,29+,32-,33+,34+,35-,36+,37-,38+/m1/s1. The summed E-state index contributed by atoms with van der Waals surface area (Å²) in [6, 6.07) is 0. The van der Waals surface area contributed by atoms with Crippen molar-refractivity contribution in [3.8, 4) is 0 Å². The molecule has 16 atom stereocenters. The van der Waals surface area contributed by atoms with Gasteiger partial charge < -0.3 is 44.1 Å². The van der Waals surface area contributed by atoms with Crippen molar-refractivity contribution in [2.45, 2.75) is 180 Å². The molecule has 0 aromatic heterocycles. The van der Waals surface area contributed by atoms with Crippen LogP contribution in [0.4, 0.5) is 0 Å². The van der Waals surface area contributed by atoms with Crippen molar-refractivity contribution >= 4 is 5.97 Å². The van der Waals surface area contributed by atoms with E-state index in [1.54, 1.807) is 13.8 Å². The van der Waals surface area contributed by atoms with Crippen molar-refractivity contribution in [2.24, 2.45) is 44.3 Å². The predicted octanol–water partition coefficient (Wildman–Crippen LogP) is 4.23. The number of hydrogen-bond acceptors (Lipinski definition) is 10. The molecule has 3 aliphatic heterocycles. The summed E-state index contributed by atoms with van der Waals surface area (Å²) in [6.07, 6.45) is 2.72. The van der Waals surface area contributed by atoms with Crippen molar-refractivity contribution in [3.05, 3.63) is 0 Å². The second kappa shape index (κ2) is 9.77. The monoisotopic (exact) mass is 676 g/mol. The summed E-state index contributed by atoms with van der Waals surface area (Å²) in [5.74, 6) is -1.08. The Morgan fingerprint density at radius 3 is 2.27 bits per heavy atom. The summed E-state index contributed by atoms with van der Waals surface area (Å²) in [4.78, 5) is 13.0. The van der Waals surface area contributed by atoms with Crippen LogP contribution in [0.2, 0.25) is 0 Å². The van der Waals surface area contributed by atoms with Gasteiger partial charge in [0.1, 0.15) is 36.1 Å². The zero-order chi connectivity index (χ0) is 34.9. The highest BCUT2D eigenvalue weighted by Crippen LogP contribution is 2.92. The van der Waals surface area contributed by atoms with E-state index in [9.17, 15) is 25.2 Å². The van der Waals surface area contributed by atoms with E-state index in [2.05, 4.69) is 41.5 Å². The van der Waals surface area contributed by atoms with Gasteiger partial charge in [0.05, 0.1) is 18.3 Å². The molecule has 0 amide bonds. The Labute approximate surface area is 285 Å². The van der Waals surface area contributed by atoms with Crippen LogP contribution in [0.1, 0.15) is 120 Å². The highest BCUT2D eigenvalue weighted by molar-refractivity contribution is 5.66. The Bertz CT molecular complexity index is 1380. The van der Waals surface area contributed by atoms with Gasteiger partial charge in [-0.2, -0.15) is 0 Å². The lowest BCUT2D eigenvalue weighted by Gasteiger charge is -2.67. The number of aliphatic hydroxyl groups is 4. The van der Waals surface area contributed by atoms with Crippen molar-refractivity contribution in [1.82, 2.24) is 0 Å². The molecule has 8 rings (SSSR count). The fourth-order valence-corrected chi connectivity index (χ4v) is 14.5. The Balaban J connectivity index is 1.15. The highest BCUT2D eigenvalue weighted by atomic mass is 16.7. The number of rotatable bonds is 4. The van der Waals surface area contributed by atoms with Gasteiger partial charge >= 0.3 is 5.97 Å². The van der Waals surface area contributed by atoms with Crippen LogP contribution >= 0.6 is 0 Å². The average Bonchev–Trinajstić information content (AvgIpc) is 3.51. The SMILES string of the molecule is CC(=O)O[C@H]1[C@@H]2O[C@@]3(C(C)(C)O)CC[C@](C)(O3)[C@@H]2[C@@]2(C)CC[C@@]34C[C@@]35CC[C@H](O[C@@H]3OC[C@@H](O)[C@H](O)[C@H]3O)C(C)(C)[C@]5(C)CC[C@H]4[C@]12C. The molecule has 8 aliphatic rings. The van der Waals surface area contributed by atoms with Gasteiger partial charge in [0.2, 0.25) is 0 Å². The van der Waals surface area contributed by atoms with Crippen LogP contribution in [0.3, 0.4) is 0 Å². The number of carbonyl (C=O) groups excluding carboxylic acids is 1. The molecule has 10 heteroatoms. The van der Waals surface area contributed by atoms with Crippen LogP contribution < -0.4 is 0 Å². The Morgan fingerprint density at radius 1 is 0.896 bits per heavy atom. The molecule has 10 nitrogen and oxygen atoms in total. The molecule has 2 spiro atoms. The van der Waals surface area contributed by atoms with Crippen LogP contribution in [0.15, 0.2) is 0 Å². The van der Waals surface area contributed by atoms with Crippen molar-refractivity contribution in [3.63, 3.8) is 0 Å². The molecule has 3 saturated heterocycles. The quantitative estimate of drug-likeness (QED) is 0.252. The third-order valence-electron chi connectivity index (χ3n) is 17.4. The Hall–Kier alpha value is -0.850. The molecule has 4 N–H and O–H groups in total. The fourth-order valence-electron chi connectivity index (χ4n) is 14.5. The van der Waals surface area contributed by atoms with E-state index in [0.29, 0.717) is 12.3 Å². The zero-order valence-corrected chi connectivity index (χ0v) is 30.5. The van der Waals surface area contributed by atoms with Crippen LogP contribution in [0.25, 0.3) is 0 Å². The van der Waals surface area contributed by atoms with Crippen LogP contribution in [-0.4, -0.2) is 92.9 Å². The minimum atomic E-state index is -1.31. The normalized spacial score (nSPS) is 59.4. The van der Waals surface area contributed by atoms with Gasteiger partial charge in [0.25, 0.3) is 0 Å². The van der Waals surface area contributed by atoms with Gasteiger partial charge in [-0.3, -0.25) is 4.79 Å². The molecular weight excluding hydrogens is 616 g/mol. The summed E-state index contributed by atoms with van der Waals surface area (Å²) in [7, 11) is 0. The largest absolute Gasteiger partial charge is 0.459 e. The van der Waals surface area contributed by atoms with E-state index in [1.807, 2.05) is 0 Å². The summed E-state index contributed by atoms with van der Waals surface area (Å²) in [5.41, 5.74) is -2.40. The number of esters is 1. The lowest BCUT2D eigenvalue weighted by molar-refractivity contribution is -0.388. The van der Waals surface area contributed by atoms with E-state index in [1.165, 1.54) is 6.92 Å². The fraction of sp³-hybridized carbons (Fsp3) is 0.974. The topological polar surface area (TPSA) is 144 Å². The summed E-state index contributed by atoms with van der Waals surface area (Å²) < 4.78 is 32.6. The van der Waals surface area contributed by atoms with Gasteiger partial charge in [-0.05, 0) is 105 Å². The van der Waals surface area contributed by atoms with E-state index < -0.39 is 47.7 Å². The smallest absolute Gasteiger partial charge is 0.303 e.